The van der Waals surface area contributed by atoms with E-state index in [4.69, 9.17) is 10.9 Å². The molecule has 1 rings (SSSR count). The molecule has 0 radical (unpaired) electrons. The maximum absolute atomic E-state index is 12.0. The third-order valence-electron chi connectivity index (χ3n) is 2.72. The Balaban J connectivity index is 2.44. The van der Waals surface area contributed by atoms with E-state index in [1.165, 1.54) is 0 Å². The van der Waals surface area contributed by atoms with Crippen molar-refractivity contribution in [3.63, 3.8) is 0 Å². The lowest BCUT2D eigenvalue weighted by Crippen LogP contribution is -2.45. The minimum absolute atomic E-state index is 0.0493. The van der Waals surface area contributed by atoms with Crippen molar-refractivity contribution in [1.82, 2.24) is 5.32 Å². The molecule has 2 unspecified atom stereocenters. The van der Waals surface area contributed by atoms with E-state index in [1.807, 2.05) is 13.8 Å². The Labute approximate surface area is 99.8 Å². The molecule has 1 aliphatic heterocycles. The van der Waals surface area contributed by atoms with Gasteiger partial charge in [0, 0.05) is 12.5 Å². The molecule has 1 aliphatic rings. The van der Waals surface area contributed by atoms with Crippen LogP contribution in [-0.2, 0) is 4.79 Å². The standard InChI is InChI=1S/C10H19N3O2S/c1-7(6-8(11)13-15)12-9(14)10(2)4-3-5-16-10/h7,15H,3-6H2,1-2H3,(H2,11,13)(H,12,14). The predicted molar refractivity (Wildman–Crippen MR) is 65.7 cm³/mol. The van der Waals surface area contributed by atoms with Crippen LogP contribution in [0.25, 0.3) is 0 Å². The first-order valence-electron chi connectivity index (χ1n) is 5.39. The molecule has 6 heteroatoms. The Morgan fingerprint density at radius 1 is 1.75 bits per heavy atom. The summed E-state index contributed by atoms with van der Waals surface area (Å²) in [5.74, 6) is 1.23. The quantitative estimate of drug-likeness (QED) is 0.297. The lowest BCUT2D eigenvalue weighted by Gasteiger charge is -2.24. The van der Waals surface area contributed by atoms with Crippen molar-refractivity contribution in [2.75, 3.05) is 5.75 Å². The van der Waals surface area contributed by atoms with Crippen LogP contribution in [0.5, 0.6) is 0 Å². The molecule has 92 valence electrons. The second-order valence-corrected chi connectivity index (χ2v) is 5.95. The molecule has 0 aromatic rings. The molecule has 1 amide bonds. The highest BCUT2D eigenvalue weighted by molar-refractivity contribution is 8.01. The average molecular weight is 245 g/mol. The van der Waals surface area contributed by atoms with Gasteiger partial charge in [-0.05, 0) is 32.4 Å². The number of oxime groups is 1. The van der Waals surface area contributed by atoms with Crippen molar-refractivity contribution >= 4 is 23.5 Å². The molecular formula is C10H19N3O2S. The van der Waals surface area contributed by atoms with Crippen molar-refractivity contribution in [2.45, 2.75) is 43.9 Å². The number of rotatable bonds is 4. The zero-order chi connectivity index (χ0) is 12.2. The topological polar surface area (TPSA) is 87.7 Å². The van der Waals surface area contributed by atoms with Gasteiger partial charge in [0.05, 0.1) is 4.75 Å². The number of nitrogens with zero attached hydrogens (tertiary/aromatic N) is 1. The molecule has 0 aliphatic carbocycles. The predicted octanol–water partition coefficient (Wildman–Crippen LogP) is 0.913. The maximum Gasteiger partial charge on any atom is 0.236 e. The number of hydrogen-bond acceptors (Lipinski definition) is 4. The van der Waals surface area contributed by atoms with E-state index in [-0.39, 0.29) is 22.5 Å². The first-order valence-corrected chi connectivity index (χ1v) is 6.38. The van der Waals surface area contributed by atoms with E-state index in [1.54, 1.807) is 11.8 Å². The van der Waals surface area contributed by atoms with Gasteiger partial charge in [0.1, 0.15) is 5.84 Å². The number of carbonyl (C=O) groups is 1. The Morgan fingerprint density at radius 3 is 2.94 bits per heavy atom. The highest BCUT2D eigenvalue weighted by Gasteiger charge is 2.37. The van der Waals surface area contributed by atoms with Crippen LogP contribution in [-0.4, -0.2) is 33.5 Å². The summed E-state index contributed by atoms with van der Waals surface area (Å²) < 4.78 is -0.306. The van der Waals surface area contributed by atoms with Crippen LogP contribution in [0.2, 0.25) is 0 Å². The molecule has 0 saturated carbocycles. The van der Waals surface area contributed by atoms with Crippen LogP contribution >= 0.6 is 11.8 Å². The van der Waals surface area contributed by atoms with Crippen LogP contribution in [0.3, 0.4) is 0 Å². The first kappa shape index (κ1) is 13.2. The molecule has 0 aromatic carbocycles. The number of nitrogens with two attached hydrogens (primary N) is 1. The van der Waals surface area contributed by atoms with E-state index in [0.29, 0.717) is 6.42 Å². The lowest BCUT2D eigenvalue weighted by atomic mass is 10.0. The summed E-state index contributed by atoms with van der Waals surface area (Å²) in [6.45, 7) is 3.81. The third kappa shape index (κ3) is 3.30. The average Bonchev–Trinajstić information content (AvgIpc) is 2.66. The Kier molecular flexibility index (Phi) is 4.46. The number of carbonyl (C=O) groups excluding carboxylic acids is 1. The van der Waals surface area contributed by atoms with E-state index in [0.717, 1.165) is 18.6 Å². The SMILES string of the molecule is CC(CC(N)=NO)NC(=O)C1(C)CCCS1. The van der Waals surface area contributed by atoms with Crippen LogP contribution < -0.4 is 11.1 Å². The van der Waals surface area contributed by atoms with Crippen molar-refractivity contribution < 1.29 is 10.0 Å². The highest BCUT2D eigenvalue weighted by Crippen LogP contribution is 2.37. The minimum atomic E-state index is -0.306. The number of amides is 1. The highest BCUT2D eigenvalue weighted by atomic mass is 32.2. The first-order chi connectivity index (χ1) is 7.48. The smallest absolute Gasteiger partial charge is 0.236 e. The Hall–Kier alpha value is -0.910. The summed E-state index contributed by atoms with van der Waals surface area (Å²) in [5, 5.41) is 14.2. The van der Waals surface area contributed by atoms with Crippen LogP contribution in [0, 0.1) is 0 Å². The summed E-state index contributed by atoms with van der Waals surface area (Å²) in [6.07, 6.45) is 2.37. The molecule has 5 nitrogen and oxygen atoms in total. The number of thioether (sulfide) groups is 1. The van der Waals surface area contributed by atoms with Gasteiger partial charge in [-0.25, -0.2) is 0 Å². The van der Waals surface area contributed by atoms with Crippen molar-refractivity contribution in [1.29, 1.82) is 0 Å². The maximum atomic E-state index is 12.0. The number of amidine groups is 1. The van der Waals surface area contributed by atoms with Gasteiger partial charge in [0.25, 0.3) is 0 Å². The molecule has 1 fully saturated rings. The Morgan fingerprint density at radius 2 is 2.44 bits per heavy atom. The fraction of sp³-hybridized carbons (Fsp3) is 0.800. The molecule has 0 bridgehead atoms. The van der Waals surface area contributed by atoms with Gasteiger partial charge in [-0.15, -0.1) is 11.8 Å². The fourth-order valence-corrected chi connectivity index (χ4v) is 2.96. The van der Waals surface area contributed by atoms with Gasteiger partial charge < -0.3 is 16.3 Å². The second kappa shape index (κ2) is 5.43. The monoisotopic (exact) mass is 245 g/mol. The summed E-state index contributed by atoms with van der Waals surface area (Å²) in [4.78, 5) is 12.0. The summed E-state index contributed by atoms with van der Waals surface area (Å²) in [6, 6.07) is -0.110. The second-order valence-electron chi connectivity index (χ2n) is 4.35. The van der Waals surface area contributed by atoms with Gasteiger partial charge in [-0.1, -0.05) is 5.16 Å². The summed E-state index contributed by atoms with van der Waals surface area (Å²) >= 11 is 1.70. The zero-order valence-corrected chi connectivity index (χ0v) is 10.5. The van der Waals surface area contributed by atoms with E-state index >= 15 is 0 Å². The van der Waals surface area contributed by atoms with Gasteiger partial charge in [-0.3, -0.25) is 4.79 Å². The van der Waals surface area contributed by atoms with Crippen molar-refractivity contribution in [3.8, 4) is 0 Å². The number of hydrogen-bond donors (Lipinski definition) is 3. The normalized spacial score (nSPS) is 27.8. The molecule has 1 heterocycles. The number of nitrogens with one attached hydrogen (secondary N) is 1. The van der Waals surface area contributed by atoms with E-state index in [2.05, 4.69) is 10.5 Å². The minimum Gasteiger partial charge on any atom is -0.409 e. The molecule has 0 aromatic heterocycles. The van der Waals surface area contributed by atoms with Gasteiger partial charge >= 0.3 is 0 Å². The van der Waals surface area contributed by atoms with E-state index < -0.39 is 0 Å². The third-order valence-corrected chi connectivity index (χ3v) is 4.24. The van der Waals surface area contributed by atoms with Gasteiger partial charge in [0.15, 0.2) is 0 Å². The molecule has 16 heavy (non-hydrogen) atoms. The molecule has 1 saturated heterocycles. The molecule has 2 atom stereocenters. The van der Waals surface area contributed by atoms with Crippen molar-refractivity contribution in [2.24, 2.45) is 10.9 Å². The molecular weight excluding hydrogens is 226 g/mol. The van der Waals surface area contributed by atoms with E-state index in [9.17, 15) is 4.79 Å². The van der Waals surface area contributed by atoms with Crippen LogP contribution in [0.15, 0.2) is 5.16 Å². The lowest BCUT2D eigenvalue weighted by molar-refractivity contribution is -0.123. The van der Waals surface area contributed by atoms with Gasteiger partial charge in [-0.2, -0.15) is 0 Å². The van der Waals surface area contributed by atoms with Crippen LogP contribution in [0.4, 0.5) is 0 Å². The van der Waals surface area contributed by atoms with Gasteiger partial charge in [0.2, 0.25) is 5.91 Å². The fourth-order valence-electron chi connectivity index (χ4n) is 1.74. The summed E-state index contributed by atoms with van der Waals surface area (Å²) in [5.41, 5.74) is 5.38. The van der Waals surface area contributed by atoms with Crippen LogP contribution in [0.1, 0.15) is 33.1 Å². The molecule has 0 spiro atoms. The Bertz CT molecular complexity index is 288. The summed E-state index contributed by atoms with van der Waals surface area (Å²) in [7, 11) is 0. The van der Waals surface area contributed by atoms with Crippen molar-refractivity contribution in [3.05, 3.63) is 0 Å². The largest absolute Gasteiger partial charge is 0.409 e. The molecule has 4 N–H and O–H groups in total. The zero-order valence-electron chi connectivity index (χ0n) is 9.69.